The Kier molecular flexibility index (Phi) is 1.73. The monoisotopic (exact) mass is 174 g/mol. The van der Waals surface area contributed by atoms with Crippen LogP contribution < -0.4 is 5.73 Å². The maximum atomic E-state index is 5.68. The lowest BCUT2D eigenvalue weighted by molar-refractivity contribution is 0.805. The van der Waals surface area contributed by atoms with Gasteiger partial charge in [-0.25, -0.2) is 0 Å². The van der Waals surface area contributed by atoms with Crippen LogP contribution in [-0.4, -0.2) is 15.0 Å². The van der Waals surface area contributed by atoms with Crippen LogP contribution in [0.15, 0.2) is 30.5 Å². The van der Waals surface area contributed by atoms with Gasteiger partial charge in [0.2, 0.25) is 0 Å². The molecule has 0 bridgehead atoms. The zero-order chi connectivity index (χ0) is 9.26. The Morgan fingerprint density at radius 3 is 2.69 bits per heavy atom. The highest BCUT2D eigenvalue weighted by atomic mass is 15.4. The quantitative estimate of drug-likeness (QED) is 0.705. The van der Waals surface area contributed by atoms with Crippen LogP contribution in [0.1, 0.15) is 5.56 Å². The van der Waals surface area contributed by atoms with Crippen molar-refractivity contribution in [3.05, 3.63) is 36.0 Å². The summed E-state index contributed by atoms with van der Waals surface area (Å²) in [5, 5.41) is 7.62. The molecule has 13 heavy (non-hydrogen) atoms. The zero-order valence-electron chi connectivity index (χ0n) is 7.31. The first-order valence-electron chi connectivity index (χ1n) is 4.01. The van der Waals surface area contributed by atoms with Crippen LogP contribution in [0.2, 0.25) is 0 Å². The number of hydrogen-bond acceptors (Lipinski definition) is 3. The van der Waals surface area contributed by atoms with Crippen LogP contribution in [0.25, 0.3) is 5.69 Å². The first-order chi connectivity index (χ1) is 6.29. The van der Waals surface area contributed by atoms with Gasteiger partial charge in [0.1, 0.15) is 5.82 Å². The molecule has 0 saturated carbocycles. The number of aryl methyl sites for hydroxylation is 1. The van der Waals surface area contributed by atoms with Crippen molar-refractivity contribution in [1.29, 1.82) is 0 Å². The van der Waals surface area contributed by atoms with Crippen LogP contribution in [0.4, 0.5) is 5.82 Å². The smallest absolute Gasteiger partial charge is 0.147 e. The lowest BCUT2D eigenvalue weighted by Crippen LogP contribution is -2.03. The Bertz CT molecular complexity index is 419. The molecular formula is C9H10N4. The number of benzene rings is 1. The van der Waals surface area contributed by atoms with E-state index < -0.39 is 0 Å². The molecular weight excluding hydrogens is 164 g/mol. The molecule has 2 N–H and O–H groups in total. The van der Waals surface area contributed by atoms with Crippen LogP contribution in [0.3, 0.4) is 0 Å². The minimum Gasteiger partial charge on any atom is -0.382 e. The van der Waals surface area contributed by atoms with Crippen molar-refractivity contribution in [1.82, 2.24) is 15.0 Å². The minimum atomic E-state index is 0.550. The molecule has 0 atom stereocenters. The molecule has 0 amide bonds. The zero-order valence-corrected chi connectivity index (χ0v) is 7.31. The van der Waals surface area contributed by atoms with E-state index in [4.69, 9.17) is 5.73 Å². The summed E-state index contributed by atoms with van der Waals surface area (Å²) < 4.78 is 1.62. The van der Waals surface area contributed by atoms with Gasteiger partial charge in [0.25, 0.3) is 0 Å². The predicted molar refractivity (Wildman–Crippen MR) is 50.5 cm³/mol. The Morgan fingerprint density at radius 1 is 1.31 bits per heavy atom. The normalized spacial score (nSPS) is 10.2. The second-order valence-corrected chi connectivity index (χ2v) is 2.86. The van der Waals surface area contributed by atoms with Gasteiger partial charge >= 0.3 is 0 Å². The summed E-state index contributed by atoms with van der Waals surface area (Å²) in [6.07, 6.45) is 1.53. The molecule has 0 aliphatic carbocycles. The summed E-state index contributed by atoms with van der Waals surface area (Å²) in [6.45, 7) is 2.01. The van der Waals surface area contributed by atoms with Crippen LogP contribution in [0.5, 0.6) is 0 Å². The van der Waals surface area contributed by atoms with E-state index >= 15 is 0 Å². The highest BCUT2D eigenvalue weighted by Gasteiger charge is 2.03. The number of anilines is 1. The van der Waals surface area contributed by atoms with E-state index in [1.807, 2.05) is 31.2 Å². The first kappa shape index (κ1) is 7.79. The fourth-order valence-electron chi connectivity index (χ4n) is 1.23. The van der Waals surface area contributed by atoms with E-state index in [9.17, 15) is 0 Å². The van der Waals surface area contributed by atoms with Crippen molar-refractivity contribution in [2.24, 2.45) is 0 Å². The van der Waals surface area contributed by atoms with Crippen molar-refractivity contribution in [2.45, 2.75) is 6.92 Å². The Morgan fingerprint density at radius 2 is 2.08 bits per heavy atom. The van der Waals surface area contributed by atoms with Gasteiger partial charge in [-0.05, 0) is 18.6 Å². The van der Waals surface area contributed by atoms with Crippen molar-refractivity contribution in [3.8, 4) is 5.69 Å². The fourth-order valence-corrected chi connectivity index (χ4v) is 1.23. The van der Waals surface area contributed by atoms with Crippen LogP contribution in [-0.2, 0) is 0 Å². The average molecular weight is 174 g/mol. The molecule has 2 rings (SSSR count). The van der Waals surface area contributed by atoms with Gasteiger partial charge in [0.05, 0.1) is 11.9 Å². The Labute approximate surface area is 76.0 Å². The molecule has 0 aliphatic rings. The van der Waals surface area contributed by atoms with Crippen molar-refractivity contribution in [2.75, 3.05) is 5.73 Å². The summed E-state index contributed by atoms with van der Waals surface area (Å²) in [7, 11) is 0. The first-order valence-corrected chi connectivity index (χ1v) is 4.01. The van der Waals surface area contributed by atoms with Crippen molar-refractivity contribution < 1.29 is 0 Å². The maximum absolute atomic E-state index is 5.68. The van der Waals surface area contributed by atoms with Gasteiger partial charge in [0, 0.05) is 0 Å². The predicted octanol–water partition coefficient (Wildman–Crippen LogP) is 1.16. The van der Waals surface area contributed by atoms with E-state index in [0.29, 0.717) is 5.82 Å². The van der Waals surface area contributed by atoms with E-state index in [0.717, 1.165) is 11.3 Å². The van der Waals surface area contributed by atoms with Gasteiger partial charge in [0.15, 0.2) is 0 Å². The van der Waals surface area contributed by atoms with Crippen LogP contribution in [0, 0.1) is 6.92 Å². The number of rotatable bonds is 1. The lowest BCUT2D eigenvalue weighted by atomic mass is 10.2. The molecule has 0 fully saturated rings. The van der Waals surface area contributed by atoms with Crippen molar-refractivity contribution in [3.63, 3.8) is 0 Å². The number of nitrogen functional groups attached to an aromatic ring is 1. The molecule has 4 nitrogen and oxygen atoms in total. The van der Waals surface area contributed by atoms with E-state index in [1.165, 1.54) is 6.20 Å². The number of aromatic nitrogens is 3. The molecule has 0 saturated heterocycles. The van der Waals surface area contributed by atoms with E-state index in [1.54, 1.807) is 4.68 Å². The van der Waals surface area contributed by atoms with E-state index in [2.05, 4.69) is 10.3 Å². The highest BCUT2D eigenvalue weighted by molar-refractivity contribution is 5.44. The van der Waals surface area contributed by atoms with Gasteiger partial charge in [-0.15, -0.1) is 5.10 Å². The number of nitrogens with zero attached hydrogens (tertiary/aromatic N) is 3. The molecule has 0 unspecified atom stereocenters. The Balaban J connectivity index is 2.59. The van der Waals surface area contributed by atoms with E-state index in [-0.39, 0.29) is 0 Å². The third-order valence-corrected chi connectivity index (χ3v) is 1.92. The average Bonchev–Trinajstić information content (AvgIpc) is 2.52. The topological polar surface area (TPSA) is 56.7 Å². The third-order valence-electron chi connectivity index (χ3n) is 1.92. The number of hydrogen-bond donors (Lipinski definition) is 1. The van der Waals surface area contributed by atoms with Gasteiger partial charge in [-0.1, -0.05) is 23.4 Å². The molecule has 1 aromatic heterocycles. The molecule has 4 heteroatoms. The summed E-state index contributed by atoms with van der Waals surface area (Å²) >= 11 is 0. The molecule has 66 valence electrons. The molecule has 2 aromatic rings. The molecule has 1 heterocycles. The highest BCUT2D eigenvalue weighted by Crippen LogP contribution is 2.14. The molecule has 0 radical (unpaired) electrons. The summed E-state index contributed by atoms with van der Waals surface area (Å²) in [6, 6.07) is 7.90. The summed E-state index contributed by atoms with van der Waals surface area (Å²) in [4.78, 5) is 0. The molecule has 0 spiro atoms. The maximum Gasteiger partial charge on any atom is 0.147 e. The third kappa shape index (κ3) is 1.26. The van der Waals surface area contributed by atoms with Gasteiger partial charge in [-0.2, -0.15) is 4.68 Å². The van der Waals surface area contributed by atoms with Gasteiger partial charge in [-0.3, -0.25) is 0 Å². The molecule has 0 aliphatic heterocycles. The Hall–Kier alpha value is -1.84. The number of nitrogens with two attached hydrogens (primary N) is 1. The minimum absolute atomic E-state index is 0.550. The standard InChI is InChI=1S/C9H10N4/c1-7-4-2-3-5-8(7)13-9(10)6-11-12-13/h2-6H,10H2,1H3. The summed E-state index contributed by atoms with van der Waals surface area (Å²) in [5.41, 5.74) is 7.77. The second-order valence-electron chi connectivity index (χ2n) is 2.86. The lowest BCUT2D eigenvalue weighted by Gasteiger charge is -2.04. The van der Waals surface area contributed by atoms with Gasteiger partial charge < -0.3 is 5.73 Å². The largest absolute Gasteiger partial charge is 0.382 e. The van der Waals surface area contributed by atoms with Crippen LogP contribution >= 0.6 is 0 Å². The second kappa shape index (κ2) is 2.90. The summed E-state index contributed by atoms with van der Waals surface area (Å²) in [5.74, 6) is 0.550. The van der Waals surface area contributed by atoms with Crippen molar-refractivity contribution >= 4 is 5.82 Å². The number of para-hydroxylation sites is 1. The molecule has 1 aromatic carbocycles. The fraction of sp³-hybridized carbons (Fsp3) is 0.111. The SMILES string of the molecule is Cc1ccccc1-n1nncc1N.